The summed E-state index contributed by atoms with van der Waals surface area (Å²) in [6.07, 6.45) is -1.05. The van der Waals surface area contributed by atoms with Gasteiger partial charge in [-0.15, -0.1) is 0 Å². The third kappa shape index (κ3) is 1.57. The Kier molecular flexibility index (Phi) is 2.67. The zero-order chi connectivity index (χ0) is 9.14. The van der Waals surface area contributed by atoms with Crippen molar-refractivity contribution >= 4 is 5.97 Å². The van der Waals surface area contributed by atoms with Crippen molar-refractivity contribution in [2.24, 2.45) is 0 Å². The van der Waals surface area contributed by atoms with Crippen molar-refractivity contribution in [1.82, 2.24) is 0 Å². The van der Waals surface area contributed by atoms with Crippen LogP contribution in [0.4, 0.5) is 0 Å². The van der Waals surface area contributed by atoms with Crippen molar-refractivity contribution in [3.8, 4) is 0 Å². The number of carbonyl (C=O) groups excluding carboxylic acids is 1. The highest BCUT2D eigenvalue weighted by molar-refractivity contribution is 5.75. The molecular weight excluding hydrogens is 164 g/mol. The minimum absolute atomic E-state index is 0.703. The number of methoxy groups -OCH3 is 1. The van der Waals surface area contributed by atoms with E-state index in [0.29, 0.717) is 0 Å². The number of carbonyl (C=O) groups is 1. The second-order valence-corrected chi connectivity index (χ2v) is 2.39. The van der Waals surface area contributed by atoms with Gasteiger partial charge in [-0.2, -0.15) is 0 Å². The van der Waals surface area contributed by atoms with E-state index in [1.807, 2.05) is 0 Å². The first-order chi connectivity index (χ1) is 5.66. The van der Waals surface area contributed by atoms with Gasteiger partial charge in [0, 0.05) is 0 Å². The van der Waals surface area contributed by atoms with Crippen molar-refractivity contribution in [3.05, 3.63) is 12.3 Å². The molecule has 1 heterocycles. The Morgan fingerprint density at radius 3 is 2.83 bits per heavy atom. The normalized spacial score (nSPS) is 34.1. The number of hydrogen-bond acceptors (Lipinski definition) is 5. The standard InChI is InChI=1S/C7H10O5/c1-11-7(10)6-5(9)4(8)2-3-12-6/h2-6,8-9H,1H3/t4-,5+,6+/m1/s1. The Hall–Kier alpha value is -1.07. The Bertz CT molecular complexity index is 200. The molecule has 0 aliphatic carbocycles. The molecule has 5 heteroatoms. The summed E-state index contributed by atoms with van der Waals surface area (Å²) in [5, 5.41) is 18.3. The van der Waals surface area contributed by atoms with Gasteiger partial charge in [-0.3, -0.25) is 0 Å². The van der Waals surface area contributed by atoms with Gasteiger partial charge in [-0.05, 0) is 6.08 Å². The summed E-state index contributed by atoms with van der Waals surface area (Å²) >= 11 is 0. The predicted octanol–water partition coefficient (Wildman–Crippen LogP) is -1.21. The van der Waals surface area contributed by atoms with E-state index in [4.69, 9.17) is 9.84 Å². The van der Waals surface area contributed by atoms with Crippen LogP contribution in [0.3, 0.4) is 0 Å². The third-order valence-corrected chi connectivity index (χ3v) is 1.59. The molecule has 1 aliphatic rings. The van der Waals surface area contributed by atoms with E-state index in [0.717, 1.165) is 0 Å². The van der Waals surface area contributed by atoms with Gasteiger partial charge in [0.15, 0.2) is 0 Å². The van der Waals surface area contributed by atoms with E-state index >= 15 is 0 Å². The lowest BCUT2D eigenvalue weighted by Crippen LogP contribution is -2.45. The van der Waals surface area contributed by atoms with Crippen LogP contribution < -0.4 is 0 Å². The Balaban J connectivity index is 2.67. The van der Waals surface area contributed by atoms with E-state index in [1.165, 1.54) is 19.4 Å². The maximum Gasteiger partial charge on any atom is 0.349 e. The smallest absolute Gasteiger partial charge is 0.349 e. The Morgan fingerprint density at radius 2 is 2.25 bits per heavy atom. The maximum absolute atomic E-state index is 10.9. The van der Waals surface area contributed by atoms with Gasteiger partial charge >= 0.3 is 5.97 Å². The molecule has 0 bridgehead atoms. The van der Waals surface area contributed by atoms with E-state index in [1.54, 1.807) is 0 Å². The number of aliphatic hydroxyl groups is 2. The van der Waals surface area contributed by atoms with Crippen LogP contribution in [-0.4, -0.2) is 41.6 Å². The van der Waals surface area contributed by atoms with Crippen LogP contribution in [-0.2, 0) is 14.3 Å². The quantitative estimate of drug-likeness (QED) is 0.488. The molecule has 0 saturated carbocycles. The zero-order valence-corrected chi connectivity index (χ0v) is 6.51. The van der Waals surface area contributed by atoms with Crippen molar-refractivity contribution in [2.45, 2.75) is 18.3 Å². The van der Waals surface area contributed by atoms with Gasteiger partial charge in [-0.1, -0.05) is 0 Å². The molecule has 2 N–H and O–H groups in total. The van der Waals surface area contributed by atoms with Gasteiger partial charge in [0.1, 0.15) is 12.2 Å². The summed E-state index contributed by atoms with van der Waals surface area (Å²) in [7, 11) is 1.18. The fourth-order valence-electron chi connectivity index (χ4n) is 0.895. The number of rotatable bonds is 1. The van der Waals surface area contributed by atoms with E-state index in [9.17, 15) is 9.90 Å². The molecule has 0 aromatic heterocycles. The van der Waals surface area contributed by atoms with Gasteiger partial charge in [0.05, 0.1) is 13.4 Å². The molecule has 1 aliphatic heterocycles. The first kappa shape index (κ1) is 9.02. The van der Waals surface area contributed by atoms with Crippen LogP contribution in [0.2, 0.25) is 0 Å². The summed E-state index contributed by atoms with van der Waals surface area (Å²) in [4.78, 5) is 10.9. The van der Waals surface area contributed by atoms with Gasteiger partial charge < -0.3 is 19.7 Å². The second-order valence-electron chi connectivity index (χ2n) is 2.39. The average Bonchev–Trinajstić information content (AvgIpc) is 2.08. The highest BCUT2D eigenvalue weighted by Gasteiger charge is 2.35. The molecule has 0 spiro atoms. The molecule has 3 atom stereocenters. The zero-order valence-electron chi connectivity index (χ0n) is 6.51. The Morgan fingerprint density at radius 1 is 1.58 bits per heavy atom. The second kappa shape index (κ2) is 3.55. The molecule has 1 rings (SSSR count). The lowest BCUT2D eigenvalue weighted by atomic mass is 10.1. The monoisotopic (exact) mass is 174 g/mol. The molecular formula is C7H10O5. The van der Waals surface area contributed by atoms with Crippen LogP contribution >= 0.6 is 0 Å². The van der Waals surface area contributed by atoms with E-state index in [2.05, 4.69) is 4.74 Å². The number of ether oxygens (including phenoxy) is 2. The molecule has 0 aromatic carbocycles. The van der Waals surface area contributed by atoms with Crippen molar-refractivity contribution in [3.63, 3.8) is 0 Å². The number of aliphatic hydroxyl groups excluding tert-OH is 2. The van der Waals surface area contributed by atoms with Crippen LogP contribution in [0, 0.1) is 0 Å². The molecule has 0 amide bonds. The van der Waals surface area contributed by atoms with Crippen molar-refractivity contribution in [1.29, 1.82) is 0 Å². The topological polar surface area (TPSA) is 76.0 Å². The highest BCUT2D eigenvalue weighted by atomic mass is 16.6. The van der Waals surface area contributed by atoms with Crippen LogP contribution in [0.5, 0.6) is 0 Å². The molecule has 0 radical (unpaired) electrons. The van der Waals surface area contributed by atoms with Crippen LogP contribution in [0.25, 0.3) is 0 Å². The minimum Gasteiger partial charge on any atom is -0.484 e. The Labute approximate surface area is 69.2 Å². The summed E-state index contributed by atoms with van der Waals surface area (Å²) in [6.45, 7) is 0. The maximum atomic E-state index is 10.9. The molecule has 0 saturated heterocycles. The summed E-state index contributed by atoms with van der Waals surface area (Å²) in [5.41, 5.74) is 0. The number of hydrogen-bond donors (Lipinski definition) is 2. The molecule has 0 fully saturated rings. The summed E-state index contributed by atoms with van der Waals surface area (Å²) in [5.74, 6) is -0.703. The van der Waals surface area contributed by atoms with Gasteiger partial charge in [-0.25, -0.2) is 4.79 Å². The lowest BCUT2D eigenvalue weighted by Gasteiger charge is -2.25. The van der Waals surface area contributed by atoms with Gasteiger partial charge in [0.2, 0.25) is 6.10 Å². The largest absolute Gasteiger partial charge is 0.484 e. The predicted molar refractivity (Wildman–Crippen MR) is 38.0 cm³/mol. The first-order valence-corrected chi connectivity index (χ1v) is 3.43. The highest BCUT2D eigenvalue weighted by Crippen LogP contribution is 2.13. The van der Waals surface area contributed by atoms with Crippen LogP contribution in [0.1, 0.15) is 0 Å². The molecule has 5 nitrogen and oxygen atoms in total. The molecule has 0 aromatic rings. The lowest BCUT2D eigenvalue weighted by molar-refractivity contribution is -0.163. The van der Waals surface area contributed by atoms with Crippen molar-refractivity contribution in [2.75, 3.05) is 7.11 Å². The molecule has 0 unspecified atom stereocenters. The number of esters is 1. The summed E-state index contributed by atoms with van der Waals surface area (Å²) < 4.78 is 9.09. The molecule has 12 heavy (non-hydrogen) atoms. The fraction of sp³-hybridized carbons (Fsp3) is 0.571. The summed E-state index contributed by atoms with van der Waals surface area (Å²) in [6, 6.07) is 0. The third-order valence-electron chi connectivity index (χ3n) is 1.59. The fourth-order valence-corrected chi connectivity index (χ4v) is 0.895. The van der Waals surface area contributed by atoms with E-state index in [-0.39, 0.29) is 0 Å². The SMILES string of the molecule is COC(=O)[C@H]1OC=C[C@@H](O)[C@@H]1O. The van der Waals surface area contributed by atoms with Crippen LogP contribution in [0.15, 0.2) is 12.3 Å². The minimum atomic E-state index is -1.26. The average molecular weight is 174 g/mol. The van der Waals surface area contributed by atoms with E-state index < -0.39 is 24.3 Å². The molecule has 68 valence electrons. The van der Waals surface area contributed by atoms with Crippen molar-refractivity contribution < 1.29 is 24.5 Å². The van der Waals surface area contributed by atoms with Gasteiger partial charge in [0.25, 0.3) is 0 Å². The first-order valence-electron chi connectivity index (χ1n) is 3.43.